The van der Waals surface area contributed by atoms with Gasteiger partial charge in [0, 0.05) is 6.42 Å². The maximum absolute atomic E-state index is 12.4. The zero-order chi connectivity index (χ0) is 17.3. The number of alkyl carbamates (subject to hydrolysis) is 1. The van der Waals surface area contributed by atoms with E-state index in [-0.39, 0.29) is 18.9 Å². The second-order valence-corrected chi connectivity index (χ2v) is 5.88. The number of rotatable bonds is 4. The van der Waals surface area contributed by atoms with E-state index in [4.69, 9.17) is 15.2 Å². The van der Waals surface area contributed by atoms with Crippen molar-refractivity contribution in [3.05, 3.63) is 35.9 Å². The predicted octanol–water partition coefficient (Wildman–Crippen LogP) is 0.112. The van der Waals surface area contributed by atoms with Crippen LogP contribution in [-0.2, 0) is 25.7 Å². The van der Waals surface area contributed by atoms with Crippen molar-refractivity contribution in [3.8, 4) is 0 Å². The topological polar surface area (TPSA) is 111 Å². The van der Waals surface area contributed by atoms with Gasteiger partial charge in [0.2, 0.25) is 11.8 Å². The Bertz CT molecular complexity index is 650. The lowest BCUT2D eigenvalue weighted by Crippen LogP contribution is -2.50. The Morgan fingerprint density at radius 1 is 1.38 bits per heavy atom. The highest BCUT2D eigenvalue weighted by molar-refractivity contribution is 5.93. The number of nitrogens with one attached hydrogen (secondary N) is 1. The molecule has 0 spiro atoms. The molecule has 3 N–H and O–H groups in total. The van der Waals surface area contributed by atoms with Gasteiger partial charge in [0.15, 0.2) is 0 Å². The van der Waals surface area contributed by atoms with Gasteiger partial charge < -0.3 is 25.4 Å². The molecule has 24 heavy (non-hydrogen) atoms. The number of nitrogens with two attached hydrogens (primary N) is 1. The van der Waals surface area contributed by atoms with E-state index in [0.717, 1.165) is 5.56 Å². The van der Waals surface area contributed by atoms with Gasteiger partial charge in [-0.2, -0.15) is 0 Å². The smallest absolute Gasteiger partial charge is 0.408 e. The molecule has 1 unspecified atom stereocenters. The Labute approximate surface area is 138 Å². The van der Waals surface area contributed by atoms with Gasteiger partial charge in [0.1, 0.15) is 24.9 Å². The van der Waals surface area contributed by atoms with Crippen LogP contribution in [0, 0.1) is 0 Å². The molecule has 1 aromatic rings. The summed E-state index contributed by atoms with van der Waals surface area (Å²) in [6, 6.07) is 7.61. The van der Waals surface area contributed by atoms with Crippen molar-refractivity contribution in [2.45, 2.75) is 44.4 Å². The number of fused-ring (bicyclic) bond motifs is 1. The molecular weight excluding hydrogens is 314 g/mol. The van der Waals surface area contributed by atoms with E-state index >= 15 is 0 Å². The Balaban J connectivity index is 1.56. The largest absolute Gasteiger partial charge is 0.445 e. The second-order valence-electron chi connectivity index (χ2n) is 5.88. The molecular formula is C16H19N3O5. The number of carbonyl (C=O) groups excluding carboxylic acids is 3. The van der Waals surface area contributed by atoms with Crippen LogP contribution in [-0.4, -0.2) is 47.2 Å². The molecule has 4 atom stereocenters. The second kappa shape index (κ2) is 6.48. The minimum absolute atomic E-state index is 0.109. The van der Waals surface area contributed by atoms with E-state index in [1.807, 2.05) is 30.3 Å². The molecule has 1 aromatic carbocycles. The first kappa shape index (κ1) is 16.3. The molecule has 2 fully saturated rings. The molecule has 2 saturated heterocycles. The highest BCUT2D eigenvalue weighted by Gasteiger charge is 2.53. The van der Waals surface area contributed by atoms with E-state index in [1.54, 1.807) is 6.92 Å². The SMILES string of the molecule is C[C@H]1O[C@H]2CC(NC(=O)OCc3ccccc3)C(=O)N2[C@@H]1C(N)=O. The molecule has 2 heterocycles. The lowest BCUT2D eigenvalue weighted by molar-refractivity contribution is -0.137. The van der Waals surface area contributed by atoms with E-state index in [1.165, 1.54) is 4.90 Å². The summed E-state index contributed by atoms with van der Waals surface area (Å²) < 4.78 is 10.7. The summed E-state index contributed by atoms with van der Waals surface area (Å²) in [6.45, 7) is 1.80. The molecule has 3 rings (SSSR count). The van der Waals surface area contributed by atoms with Crippen LogP contribution in [0.3, 0.4) is 0 Å². The minimum atomic E-state index is -0.811. The van der Waals surface area contributed by atoms with Crippen LogP contribution >= 0.6 is 0 Å². The van der Waals surface area contributed by atoms with Crippen molar-refractivity contribution < 1.29 is 23.9 Å². The maximum Gasteiger partial charge on any atom is 0.408 e. The quantitative estimate of drug-likeness (QED) is 0.812. The van der Waals surface area contributed by atoms with Gasteiger partial charge >= 0.3 is 6.09 Å². The predicted molar refractivity (Wildman–Crippen MR) is 82.3 cm³/mol. The average molecular weight is 333 g/mol. The Morgan fingerprint density at radius 3 is 2.75 bits per heavy atom. The van der Waals surface area contributed by atoms with Gasteiger partial charge in [-0.25, -0.2) is 4.79 Å². The van der Waals surface area contributed by atoms with E-state index < -0.39 is 36.4 Å². The number of amides is 3. The fraction of sp³-hybridized carbons (Fsp3) is 0.438. The van der Waals surface area contributed by atoms with Crippen molar-refractivity contribution in [1.29, 1.82) is 0 Å². The van der Waals surface area contributed by atoms with Gasteiger partial charge in [-0.1, -0.05) is 30.3 Å². The molecule has 2 aliphatic heterocycles. The molecule has 128 valence electrons. The van der Waals surface area contributed by atoms with Crippen LogP contribution < -0.4 is 11.1 Å². The molecule has 8 nitrogen and oxygen atoms in total. The van der Waals surface area contributed by atoms with E-state index in [0.29, 0.717) is 0 Å². The normalized spacial score (nSPS) is 28.5. The number of primary amides is 1. The molecule has 0 radical (unpaired) electrons. The fourth-order valence-electron chi connectivity index (χ4n) is 3.12. The number of carbonyl (C=O) groups is 3. The summed E-state index contributed by atoms with van der Waals surface area (Å²) in [4.78, 5) is 37.1. The fourth-order valence-corrected chi connectivity index (χ4v) is 3.12. The molecule has 2 aliphatic rings. The monoisotopic (exact) mass is 333 g/mol. The van der Waals surface area contributed by atoms with Gasteiger partial charge in [-0.15, -0.1) is 0 Å². The summed E-state index contributed by atoms with van der Waals surface area (Å²) in [5.41, 5.74) is 6.18. The van der Waals surface area contributed by atoms with Gasteiger partial charge in [-0.05, 0) is 12.5 Å². The van der Waals surface area contributed by atoms with Gasteiger partial charge in [0.05, 0.1) is 6.10 Å². The van der Waals surface area contributed by atoms with E-state index in [9.17, 15) is 14.4 Å². The van der Waals surface area contributed by atoms with Crippen LogP contribution in [0.15, 0.2) is 30.3 Å². The average Bonchev–Trinajstić information content (AvgIpc) is 3.02. The molecule has 0 bridgehead atoms. The Morgan fingerprint density at radius 2 is 2.08 bits per heavy atom. The first-order valence-electron chi connectivity index (χ1n) is 7.71. The molecule has 0 aliphatic carbocycles. The summed E-state index contributed by atoms with van der Waals surface area (Å²) in [6.07, 6.45) is -1.44. The molecule has 0 saturated carbocycles. The van der Waals surface area contributed by atoms with E-state index in [2.05, 4.69) is 5.32 Å². The highest BCUT2D eigenvalue weighted by Crippen LogP contribution is 2.32. The third-order valence-corrected chi connectivity index (χ3v) is 4.21. The summed E-state index contributed by atoms with van der Waals surface area (Å²) >= 11 is 0. The lowest BCUT2D eigenvalue weighted by Gasteiger charge is -2.21. The van der Waals surface area contributed by atoms with Crippen LogP contribution in [0.1, 0.15) is 18.9 Å². The number of nitrogens with zero attached hydrogens (tertiary/aromatic N) is 1. The lowest BCUT2D eigenvalue weighted by atomic mass is 10.1. The first-order valence-corrected chi connectivity index (χ1v) is 7.71. The zero-order valence-corrected chi connectivity index (χ0v) is 13.2. The van der Waals surface area contributed by atoms with Crippen LogP contribution in [0.2, 0.25) is 0 Å². The summed E-state index contributed by atoms with van der Waals surface area (Å²) in [5, 5.41) is 2.52. The van der Waals surface area contributed by atoms with Gasteiger partial charge in [0.25, 0.3) is 0 Å². The third kappa shape index (κ3) is 3.05. The van der Waals surface area contributed by atoms with Crippen LogP contribution in [0.5, 0.6) is 0 Å². The number of benzene rings is 1. The Hall–Kier alpha value is -2.61. The van der Waals surface area contributed by atoms with Crippen LogP contribution in [0.25, 0.3) is 0 Å². The molecule has 8 heteroatoms. The van der Waals surface area contributed by atoms with Crippen molar-refractivity contribution >= 4 is 17.9 Å². The zero-order valence-electron chi connectivity index (χ0n) is 13.2. The minimum Gasteiger partial charge on any atom is -0.445 e. The van der Waals surface area contributed by atoms with Crippen molar-refractivity contribution in [3.63, 3.8) is 0 Å². The van der Waals surface area contributed by atoms with Crippen molar-refractivity contribution in [2.75, 3.05) is 0 Å². The molecule has 3 amide bonds. The maximum atomic E-state index is 12.4. The van der Waals surface area contributed by atoms with Crippen molar-refractivity contribution in [2.24, 2.45) is 5.73 Å². The highest BCUT2D eigenvalue weighted by atomic mass is 16.5. The summed E-state index contributed by atoms with van der Waals surface area (Å²) in [7, 11) is 0. The number of hydrogen-bond acceptors (Lipinski definition) is 5. The summed E-state index contributed by atoms with van der Waals surface area (Å²) in [5.74, 6) is -1.00. The Kier molecular flexibility index (Phi) is 4.39. The van der Waals surface area contributed by atoms with Crippen LogP contribution in [0.4, 0.5) is 4.79 Å². The number of ether oxygens (including phenoxy) is 2. The van der Waals surface area contributed by atoms with Gasteiger partial charge in [-0.3, -0.25) is 9.59 Å². The van der Waals surface area contributed by atoms with Crippen molar-refractivity contribution in [1.82, 2.24) is 10.2 Å². The third-order valence-electron chi connectivity index (χ3n) is 4.21. The molecule has 0 aromatic heterocycles. The first-order chi connectivity index (χ1) is 11.5. The number of hydrogen-bond donors (Lipinski definition) is 2. The standard InChI is InChI=1S/C16H19N3O5/c1-9-13(14(17)20)19-12(24-9)7-11(15(19)21)18-16(22)23-8-10-5-3-2-4-6-10/h2-6,9,11-13H,7-8H2,1H3,(H2,17,20)(H,18,22)/t9-,11?,12+,13+/m1/s1.